The number of halogens is 3. The topological polar surface area (TPSA) is 23.8 Å². The van der Waals surface area contributed by atoms with E-state index < -0.39 is 11.7 Å². The quantitative estimate of drug-likeness (QED) is 0.768. The van der Waals surface area contributed by atoms with E-state index in [1.165, 1.54) is 12.1 Å². The highest BCUT2D eigenvalue weighted by Crippen LogP contribution is 2.47. The van der Waals surface area contributed by atoms with E-state index in [4.69, 9.17) is 5.26 Å². The summed E-state index contributed by atoms with van der Waals surface area (Å²) in [4.78, 5) is 0. The van der Waals surface area contributed by atoms with Gasteiger partial charge in [-0.25, -0.2) is 0 Å². The number of nitrogens with zero attached hydrogens (tertiary/aromatic N) is 1. The molecule has 0 amide bonds. The molecule has 3 rings (SSSR count). The van der Waals surface area contributed by atoms with Gasteiger partial charge in [0, 0.05) is 0 Å². The highest BCUT2D eigenvalue weighted by atomic mass is 19.4. The summed E-state index contributed by atoms with van der Waals surface area (Å²) < 4.78 is 37.6. The smallest absolute Gasteiger partial charge is 0.197 e. The highest BCUT2D eigenvalue weighted by molar-refractivity contribution is 5.64. The Labute approximate surface area is 120 Å². The summed E-state index contributed by atoms with van der Waals surface area (Å²) >= 11 is 0. The molecule has 0 aromatic heterocycles. The van der Waals surface area contributed by atoms with Gasteiger partial charge in [0.1, 0.15) is 0 Å². The van der Waals surface area contributed by atoms with Gasteiger partial charge >= 0.3 is 6.18 Å². The minimum Gasteiger partial charge on any atom is -0.197 e. The van der Waals surface area contributed by atoms with Crippen LogP contribution in [0.2, 0.25) is 0 Å². The van der Waals surface area contributed by atoms with Crippen molar-refractivity contribution in [2.45, 2.75) is 24.4 Å². The molecule has 2 aromatic carbocycles. The van der Waals surface area contributed by atoms with Crippen molar-refractivity contribution < 1.29 is 13.2 Å². The van der Waals surface area contributed by atoms with Gasteiger partial charge < -0.3 is 0 Å². The summed E-state index contributed by atoms with van der Waals surface area (Å²) in [5.74, 6) is 0. The van der Waals surface area contributed by atoms with E-state index in [0.717, 1.165) is 41.7 Å². The Bertz CT molecular complexity index is 687. The van der Waals surface area contributed by atoms with Crippen LogP contribution in [-0.2, 0) is 11.6 Å². The third-order valence-electron chi connectivity index (χ3n) is 3.95. The second-order valence-corrected chi connectivity index (χ2v) is 5.35. The van der Waals surface area contributed by atoms with Gasteiger partial charge in [-0.3, -0.25) is 0 Å². The molecule has 0 radical (unpaired) electrons. The van der Waals surface area contributed by atoms with Crippen LogP contribution in [0.4, 0.5) is 13.2 Å². The summed E-state index contributed by atoms with van der Waals surface area (Å²) in [5.41, 5.74) is 1.58. The lowest BCUT2D eigenvalue weighted by Gasteiger charge is -2.09. The summed E-state index contributed by atoms with van der Waals surface area (Å²) in [6.45, 7) is 0. The molecule has 0 atom stereocenters. The van der Waals surface area contributed by atoms with Crippen LogP contribution >= 0.6 is 0 Å². The number of hydrogen-bond donors (Lipinski definition) is 0. The average molecular weight is 287 g/mol. The average Bonchev–Trinajstić information content (AvgIpc) is 3.28. The summed E-state index contributed by atoms with van der Waals surface area (Å²) in [6, 6.07) is 14.9. The van der Waals surface area contributed by atoms with E-state index in [1.54, 1.807) is 0 Å². The lowest BCUT2D eigenvalue weighted by Crippen LogP contribution is -2.04. The lowest BCUT2D eigenvalue weighted by molar-refractivity contribution is -0.137. The van der Waals surface area contributed by atoms with Gasteiger partial charge in [-0.1, -0.05) is 36.4 Å². The standard InChI is InChI=1S/C17H12F3N/c18-17(19,20)15-7-3-13(4-8-15)12-1-5-14(6-2-12)16(11-21)9-10-16/h1-8H,9-10H2. The molecular formula is C17H12F3N. The van der Waals surface area contributed by atoms with Gasteiger partial charge in [0.2, 0.25) is 0 Å². The molecule has 1 nitrogen and oxygen atoms in total. The normalized spacial score (nSPS) is 16.3. The SMILES string of the molecule is N#CC1(c2ccc(-c3ccc(C(F)(F)F)cc3)cc2)CC1. The predicted molar refractivity (Wildman–Crippen MR) is 73.4 cm³/mol. The number of nitriles is 1. The second-order valence-electron chi connectivity index (χ2n) is 5.35. The van der Waals surface area contributed by atoms with Crippen molar-refractivity contribution in [3.05, 3.63) is 59.7 Å². The van der Waals surface area contributed by atoms with E-state index in [-0.39, 0.29) is 5.41 Å². The van der Waals surface area contributed by atoms with Gasteiger partial charge in [-0.2, -0.15) is 18.4 Å². The third kappa shape index (κ3) is 2.52. The molecule has 0 aliphatic heterocycles. The van der Waals surface area contributed by atoms with Crippen LogP contribution in [-0.4, -0.2) is 0 Å². The second kappa shape index (κ2) is 4.63. The van der Waals surface area contributed by atoms with E-state index >= 15 is 0 Å². The molecule has 0 bridgehead atoms. The Morgan fingerprint density at radius 1 is 0.857 bits per heavy atom. The molecule has 1 fully saturated rings. The van der Waals surface area contributed by atoms with Gasteiger partial charge in [0.15, 0.2) is 0 Å². The predicted octanol–water partition coefficient (Wildman–Crippen LogP) is 4.93. The Hall–Kier alpha value is -2.28. The molecule has 0 N–H and O–H groups in total. The van der Waals surface area contributed by atoms with Crippen LogP contribution in [0.3, 0.4) is 0 Å². The van der Waals surface area contributed by atoms with Crippen molar-refractivity contribution in [1.29, 1.82) is 5.26 Å². The van der Waals surface area contributed by atoms with Crippen molar-refractivity contribution in [2.24, 2.45) is 0 Å². The van der Waals surface area contributed by atoms with Gasteiger partial charge in [0.05, 0.1) is 17.0 Å². The molecule has 0 saturated heterocycles. The van der Waals surface area contributed by atoms with Crippen LogP contribution in [0.25, 0.3) is 11.1 Å². The number of benzene rings is 2. The van der Waals surface area contributed by atoms with Gasteiger partial charge in [-0.15, -0.1) is 0 Å². The summed E-state index contributed by atoms with van der Waals surface area (Å²) in [5, 5.41) is 9.15. The van der Waals surface area contributed by atoms with Crippen LogP contribution < -0.4 is 0 Å². The van der Waals surface area contributed by atoms with Crippen LogP contribution in [0.1, 0.15) is 24.0 Å². The largest absolute Gasteiger partial charge is 0.416 e. The summed E-state index contributed by atoms with van der Waals surface area (Å²) in [7, 11) is 0. The Morgan fingerprint density at radius 3 is 1.71 bits per heavy atom. The molecule has 106 valence electrons. The molecule has 0 unspecified atom stereocenters. The van der Waals surface area contributed by atoms with Crippen molar-refractivity contribution >= 4 is 0 Å². The Balaban J connectivity index is 1.86. The fourth-order valence-corrected chi connectivity index (χ4v) is 2.42. The van der Waals surface area contributed by atoms with Crippen LogP contribution in [0.5, 0.6) is 0 Å². The van der Waals surface area contributed by atoms with Gasteiger partial charge in [0.25, 0.3) is 0 Å². The molecule has 1 aliphatic carbocycles. The number of alkyl halides is 3. The molecule has 4 heteroatoms. The van der Waals surface area contributed by atoms with Crippen molar-refractivity contribution in [3.63, 3.8) is 0 Å². The van der Waals surface area contributed by atoms with Crippen LogP contribution in [0, 0.1) is 11.3 Å². The molecule has 2 aromatic rings. The fraction of sp³-hybridized carbons (Fsp3) is 0.235. The Morgan fingerprint density at radius 2 is 1.33 bits per heavy atom. The van der Waals surface area contributed by atoms with Crippen LogP contribution in [0.15, 0.2) is 48.5 Å². The molecular weight excluding hydrogens is 275 g/mol. The first kappa shape index (κ1) is 13.7. The third-order valence-corrected chi connectivity index (χ3v) is 3.95. The zero-order valence-electron chi connectivity index (χ0n) is 11.1. The number of rotatable bonds is 2. The maximum atomic E-state index is 12.5. The van der Waals surface area contributed by atoms with Crippen molar-refractivity contribution in [2.75, 3.05) is 0 Å². The zero-order chi connectivity index (χ0) is 15.1. The monoisotopic (exact) mass is 287 g/mol. The number of hydrogen-bond acceptors (Lipinski definition) is 1. The minimum atomic E-state index is -4.31. The van der Waals surface area contributed by atoms with Crippen molar-refractivity contribution in [3.8, 4) is 17.2 Å². The van der Waals surface area contributed by atoms with Gasteiger partial charge in [-0.05, 0) is 41.7 Å². The van der Waals surface area contributed by atoms with E-state index in [1.807, 2.05) is 24.3 Å². The van der Waals surface area contributed by atoms with E-state index in [2.05, 4.69) is 6.07 Å². The zero-order valence-corrected chi connectivity index (χ0v) is 11.1. The summed E-state index contributed by atoms with van der Waals surface area (Å²) in [6.07, 6.45) is -2.56. The highest BCUT2D eigenvalue weighted by Gasteiger charge is 2.44. The first-order chi connectivity index (χ1) is 9.94. The molecule has 21 heavy (non-hydrogen) atoms. The first-order valence-corrected chi connectivity index (χ1v) is 6.64. The van der Waals surface area contributed by atoms with E-state index in [9.17, 15) is 13.2 Å². The van der Waals surface area contributed by atoms with E-state index in [0.29, 0.717) is 0 Å². The molecule has 1 aliphatic rings. The molecule has 1 saturated carbocycles. The lowest BCUT2D eigenvalue weighted by atomic mass is 9.95. The minimum absolute atomic E-state index is 0.335. The Kier molecular flexibility index (Phi) is 3.02. The molecule has 0 spiro atoms. The van der Waals surface area contributed by atoms with Crippen molar-refractivity contribution in [1.82, 2.24) is 0 Å². The molecule has 0 heterocycles. The maximum absolute atomic E-state index is 12.5. The first-order valence-electron chi connectivity index (χ1n) is 6.64. The maximum Gasteiger partial charge on any atom is 0.416 e. The fourth-order valence-electron chi connectivity index (χ4n) is 2.42.